The number of hydrogen-bond donors (Lipinski definition) is 1. The standard InChI is InChI=1S/C8H9BrN2/c1-2-6(10)7-4-3-5-8(9)11-7/h2-6H,1,10H2/t6-/m1/s1. The molecule has 58 valence electrons. The molecule has 0 aliphatic rings. The molecule has 1 heterocycles. The third-order valence-corrected chi connectivity index (χ3v) is 1.77. The highest BCUT2D eigenvalue weighted by Crippen LogP contribution is 2.11. The molecule has 11 heavy (non-hydrogen) atoms. The van der Waals surface area contributed by atoms with Gasteiger partial charge in [-0.1, -0.05) is 12.1 Å². The molecule has 0 saturated heterocycles. The van der Waals surface area contributed by atoms with E-state index in [1.807, 2.05) is 18.2 Å². The first-order chi connectivity index (χ1) is 5.24. The van der Waals surface area contributed by atoms with Crippen LogP contribution < -0.4 is 5.73 Å². The van der Waals surface area contributed by atoms with Crippen molar-refractivity contribution in [2.45, 2.75) is 6.04 Å². The highest BCUT2D eigenvalue weighted by Gasteiger charge is 2.01. The zero-order valence-electron chi connectivity index (χ0n) is 6.00. The summed E-state index contributed by atoms with van der Waals surface area (Å²) in [4.78, 5) is 4.16. The summed E-state index contributed by atoms with van der Waals surface area (Å²) in [5.41, 5.74) is 6.49. The third kappa shape index (κ3) is 2.13. The molecule has 2 N–H and O–H groups in total. The molecule has 1 aromatic heterocycles. The number of aromatic nitrogens is 1. The summed E-state index contributed by atoms with van der Waals surface area (Å²) in [6.07, 6.45) is 1.66. The van der Waals surface area contributed by atoms with Crippen molar-refractivity contribution >= 4 is 15.9 Å². The van der Waals surface area contributed by atoms with Crippen molar-refractivity contribution in [3.8, 4) is 0 Å². The molecule has 0 saturated carbocycles. The molecule has 0 fully saturated rings. The molecule has 0 bridgehead atoms. The fourth-order valence-electron chi connectivity index (χ4n) is 0.730. The van der Waals surface area contributed by atoms with Crippen molar-refractivity contribution in [3.05, 3.63) is 41.2 Å². The lowest BCUT2D eigenvalue weighted by Crippen LogP contribution is -2.08. The zero-order chi connectivity index (χ0) is 8.27. The van der Waals surface area contributed by atoms with Gasteiger partial charge in [0.05, 0.1) is 11.7 Å². The number of hydrogen-bond acceptors (Lipinski definition) is 2. The summed E-state index contributed by atoms with van der Waals surface area (Å²) in [6, 6.07) is 5.46. The van der Waals surface area contributed by atoms with Crippen LogP contribution in [0.4, 0.5) is 0 Å². The molecule has 2 nitrogen and oxygen atoms in total. The van der Waals surface area contributed by atoms with Crippen LogP contribution in [0.15, 0.2) is 35.5 Å². The highest BCUT2D eigenvalue weighted by atomic mass is 79.9. The maximum Gasteiger partial charge on any atom is 0.106 e. The van der Waals surface area contributed by atoms with Crippen LogP contribution >= 0.6 is 15.9 Å². The maximum absolute atomic E-state index is 5.66. The monoisotopic (exact) mass is 212 g/mol. The highest BCUT2D eigenvalue weighted by molar-refractivity contribution is 9.10. The minimum atomic E-state index is -0.174. The van der Waals surface area contributed by atoms with E-state index in [-0.39, 0.29) is 6.04 Å². The van der Waals surface area contributed by atoms with Gasteiger partial charge >= 0.3 is 0 Å². The van der Waals surface area contributed by atoms with Crippen LogP contribution in [-0.2, 0) is 0 Å². The van der Waals surface area contributed by atoms with Crippen LogP contribution in [0.1, 0.15) is 11.7 Å². The molecule has 0 amide bonds. The van der Waals surface area contributed by atoms with E-state index in [1.54, 1.807) is 6.08 Å². The summed E-state index contributed by atoms with van der Waals surface area (Å²) in [5, 5.41) is 0. The first-order valence-corrected chi connectivity index (χ1v) is 4.04. The van der Waals surface area contributed by atoms with Gasteiger partial charge in [0.1, 0.15) is 4.60 Å². The maximum atomic E-state index is 5.66. The lowest BCUT2D eigenvalue weighted by atomic mass is 10.2. The summed E-state index contributed by atoms with van der Waals surface area (Å²) in [5.74, 6) is 0. The number of rotatable bonds is 2. The van der Waals surface area contributed by atoms with Crippen molar-refractivity contribution in [1.29, 1.82) is 0 Å². The van der Waals surface area contributed by atoms with Gasteiger partial charge in [-0.15, -0.1) is 6.58 Å². The number of nitrogens with zero attached hydrogens (tertiary/aromatic N) is 1. The average molecular weight is 213 g/mol. The Morgan fingerprint density at radius 3 is 2.91 bits per heavy atom. The molecule has 1 atom stereocenters. The minimum absolute atomic E-state index is 0.174. The van der Waals surface area contributed by atoms with Gasteiger partial charge in [0.2, 0.25) is 0 Å². The Morgan fingerprint density at radius 1 is 1.64 bits per heavy atom. The molecular weight excluding hydrogens is 204 g/mol. The van der Waals surface area contributed by atoms with Gasteiger partial charge in [0.25, 0.3) is 0 Å². The summed E-state index contributed by atoms with van der Waals surface area (Å²) >= 11 is 3.26. The molecular formula is C8H9BrN2. The van der Waals surface area contributed by atoms with Gasteiger partial charge in [-0.25, -0.2) is 4.98 Å². The van der Waals surface area contributed by atoms with Gasteiger partial charge in [-0.05, 0) is 28.1 Å². The smallest absolute Gasteiger partial charge is 0.106 e. The van der Waals surface area contributed by atoms with Crippen molar-refractivity contribution in [2.24, 2.45) is 5.73 Å². The first-order valence-electron chi connectivity index (χ1n) is 3.24. The molecule has 1 rings (SSSR count). The van der Waals surface area contributed by atoms with E-state index in [9.17, 15) is 0 Å². The van der Waals surface area contributed by atoms with Crippen LogP contribution in [0.5, 0.6) is 0 Å². The van der Waals surface area contributed by atoms with Crippen LogP contribution in [0.2, 0.25) is 0 Å². The largest absolute Gasteiger partial charge is 0.319 e. The van der Waals surface area contributed by atoms with Crippen LogP contribution in [0.3, 0.4) is 0 Å². The molecule has 3 heteroatoms. The second-order valence-corrected chi connectivity index (χ2v) is 2.96. The Morgan fingerprint density at radius 2 is 2.36 bits per heavy atom. The van der Waals surface area contributed by atoms with Crippen molar-refractivity contribution in [1.82, 2.24) is 4.98 Å². The Kier molecular flexibility index (Phi) is 2.79. The topological polar surface area (TPSA) is 38.9 Å². The molecule has 1 aromatic rings. The Balaban J connectivity index is 2.95. The molecule has 0 aliphatic heterocycles. The minimum Gasteiger partial charge on any atom is -0.319 e. The van der Waals surface area contributed by atoms with Gasteiger partial charge in [-0.2, -0.15) is 0 Å². The second-order valence-electron chi connectivity index (χ2n) is 2.15. The molecule has 0 unspecified atom stereocenters. The summed E-state index contributed by atoms with van der Waals surface area (Å²) in [6.45, 7) is 3.59. The van der Waals surface area contributed by atoms with Crippen LogP contribution in [0, 0.1) is 0 Å². The SMILES string of the molecule is C=C[C@@H](N)c1cccc(Br)n1. The Bertz CT molecular complexity index is 260. The van der Waals surface area contributed by atoms with Gasteiger partial charge in [0, 0.05) is 0 Å². The quantitative estimate of drug-likeness (QED) is 0.603. The normalized spacial score (nSPS) is 12.5. The lowest BCUT2D eigenvalue weighted by Gasteiger charge is -2.04. The molecule has 0 radical (unpaired) electrons. The third-order valence-electron chi connectivity index (χ3n) is 1.33. The van der Waals surface area contributed by atoms with E-state index in [1.165, 1.54) is 0 Å². The Labute approximate surface area is 74.3 Å². The van der Waals surface area contributed by atoms with Crippen LogP contribution in [0.25, 0.3) is 0 Å². The van der Waals surface area contributed by atoms with E-state index in [4.69, 9.17) is 5.73 Å². The fourth-order valence-corrected chi connectivity index (χ4v) is 1.09. The molecule has 0 spiro atoms. The van der Waals surface area contributed by atoms with E-state index >= 15 is 0 Å². The van der Waals surface area contributed by atoms with Crippen molar-refractivity contribution in [3.63, 3.8) is 0 Å². The number of halogens is 1. The zero-order valence-corrected chi connectivity index (χ0v) is 7.58. The Hall–Kier alpha value is -0.670. The van der Waals surface area contributed by atoms with Crippen molar-refractivity contribution < 1.29 is 0 Å². The molecule has 0 aromatic carbocycles. The lowest BCUT2D eigenvalue weighted by molar-refractivity contribution is 0.859. The average Bonchev–Trinajstić information content (AvgIpc) is 2.03. The predicted octanol–water partition coefficient (Wildman–Crippen LogP) is 2.03. The second kappa shape index (κ2) is 3.64. The fraction of sp³-hybridized carbons (Fsp3) is 0.125. The van der Waals surface area contributed by atoms with E-state index < -0.39 is 0 Å². The number of nitrogens with two attached hydrogens (primary N) is 1. The predicted molar refractivity (Wildman–Crippen MR) is 49.1 cm³/mol. The number of pyridine rings is 1. The van der Waals surface area contributed by atoms with Gasteiger partial charge in [0.15, 0.2) is 0 Å². The summed E-state index contributed by atoms with van der Waals surface area (Å²) < 4.78 is 0.798. The van der Waals surface area contributed by atoms with Crippen molar-refractivity contribution in [2.75, 3.05) is 0 Å². The van der Waals surface area contributed by atoms with Gasteiger partial charge in [-0.3, -0.25) is 0 Å². The van der Waals surface area contributed by atoms with E-state index in [0.717, 1.165) is 10.3 Å². The van der Waals surface area contributed by atoms with Crippen LogP contribution in [-0.4, -0.2) is 4.98 Å². The summed E-state index contributed by atoms with van der Waals surface area (Å²) in [7, 11) is 0. The molecule has 0 aliphatic carbocycles. The van der Waals surface area contributed by atoms with E-state index in [0.29, 0.717) is 0 Å². The van der Waals surface area contributed by atoms with Gasteiger partial charge < -0.3 is 5.73 Å². The first kappa shape index (κ1) is 8.43. The van der Waals surface area contributed by atoms with E-state index in [2.05, 4.69) is 27.5 Å².